The molecule has 1 aliphatic rings. The summed E-state index contributed by atoms with van der Waals surface area (Å²) >= 11 is 0. The van der Waals surface area contributed by atoms with Gasteiger partial charge in [0.15, 0.2) is 0 Å². The van der Waals surface area contributed by atoms with Gasteiger partial charge >= 0.3 is 5.97 Å². The number of carbonyl (C=O) groups is 1. The van der Waals surface area contributed by atoms with E-state index in [0.717, 1.165) is 0 Å². The molecule has 0 heterocycles. The second-order valence-corrected chi connectivity index (χ2v) is 3.29. The Kier molecular flexibility index (Phi) is 2.11. The van der Waals surface area contributed by atoms with Crippen molar-refractivity contribution >= 4 is 5.97 Å². The van der Waals surface area contributed by atoms with Crippen LogP contribution >= 0.6 is 0 Å². The SMILES string of the molecule is O=C(O)C1CC1Oc1ccc(F)cc1. The van der Waals surface area contributed by atoms with Gasteiger partial charge in [0.2, 0.25) is 0 Å². The zero-order valence-corrected chi connectivity index (χ0v) is 7.31. The van der Waals surface area contributed by atoms with Gasteiger partial charge in [-0.15, -0.1) is 0 Å². The summed E-state index contributed by atoms with van der Waals surface area (Å²) in [6, 6.07) is 5.56. The maximum atomic E-state index is 12.5. The molecule has 0 spiro atoms. The van der Waals surface area contributed by atoms with E-state index in [-0.39, 0.29) is 11.9 Å². The maximum absolute atomic E-state index is 12.5. The molecule has 1 aromatic carbocycles. The van der Waals surface area contributed by atoms with E-state index < -0.39 is 11.9 Å². The normalized spacial score (nSPS) is 24.4. The van der Waals surface area contributed by atoms with Crippen molar-refractivity contribution in [2.24, 2.45) is 5.92 Å². The molecule has 1 aromatic rings. The highest BCUT2D eigenvalue weighted by Crippen LogP contribution is 2.34. The van der Waals surface area contributed by atoms with E-state index in [9.17, 15) is 9.18 Å². The minimum absolute atomic E-state index is 0.252. The first-order chi connectivity index (χ1) is 6.66. The van der Waals surface area contributed by atoms with E-state index in [4.69, 9.17) is 9.84 Å². The molecule has 0 radical (unpaired) electrons. The Labute approximate surface area is 80.1 Å². The Balaban J connectivity index is 1.94. The lowest BCUT2D eigenvalue weighted by Gasteiger charge is -2.03. The molecule has 0 bridgehead atoms. The van der Waals surface area contributed by atoms with Gasteiger partial charge in [-0.2, -0.15) is 0 Å². The second-order valence-electron chi connectivity index (χ2n) is 3.29. The standard InChI is InChI=1S/C10H9FO3/c11-6-1-3-7(4-2-6)14-9-5-8(9)10(12)13/h1-4,8-9H,5H2,(H,12,13). The van der Waals surface area contributed by atoms with Crippen LogP contribution in [0.2, 0.25) is 0 Å². The van der Waals surface area contributed by atoms with E-state index in [1.54, 1.807) is 0 Å². The third-order valence-electron chi connectivity index (χ3n) is 2.15. The van der Waals surface area contributed by atoms with Gasteiger partial charge in [0.25, 0.3) is 0 Å². The number of hydrogen-bond donors (Lipinski definition) is 1. The van der Waals surface area contributed by atoms with Gasteiger partial charge in [-0.1, -0.05) is 0 Å². The minimum Gasteiger partial charge on any atom is -0.490 e. The number of ether oxygens (including phenoxy) is 1. The second kappa shape index (κ2) is 3.29. The highest BCUT2D eigenvalue weighted by molar-refractivity contribution is 5.74. The number of benzene rings is 1. The quantitative estimate of drug-likeness (QED) is 0.799. The average Bonchev–Trinajstić information content (AvgIpc) is 2.88. The molecule has 1 fully saturated rings. The zero-order chi connectivity index (χ0) is 10.1. The van der Waals surface area contributed by atoms with Gasteiger partial charge in [0.1, 0.15) is 17.7 Å². The molecule has 74 valence electrons. The van der Waals surface area contributed by atoms with Crippen molar-refractivity contribution in [2.75, 3.05) is 0 Å². The van der Waals surface area contributed by atoms with Crippen molar-refractivity contribution in [1.82, 2.24) is 0 Å². The third kappa shape index (κ3) is 1.84. The smallest absolute Gasteiger partial charge is 0.310 e. The molecule has 1 N–H and O–H groups in total. The molecule has 14 heavy (non-hydrogen) atoms. The summed E-state index contributed by atoms with van der Waals surface area (Å²) in [5.41, 5.74) is 0. The molecular weight excluding hydrogens is 187 g/mol. The highest BCUT2D eigenvalue weighted by atomic mass is 19.1. The van der Waals surface area contributed by atoms with Crippen LogP contribution < -0.4 is 4.74 Å². The van der Waals surface area contributed by atoms with Gasteiger partial charge in [0.05, 0.1) is 5.92 Å². The van der Waals surface area contributed by atoms with Gasteiger partial charge in [0, 0.05) is 6.42 Å². The molecule has 2 unspecified atom stereocenters. The average molecular weight is 196 g/mol. The topological polar surface area (TPSA) is 46.5 Å². The predicted molar refractivity (Wildman–Crippen MR) is 46.6 cm³/mol. The molecule has 4 heteroatoms. The number of carboxylic acids is 1. The molecule has 2 atom stereocenters. The summed E-state index contributed by atoms with van der Waals surface area (Å²) in [5, 5.41) is 8.61. The maximum Gasteiger partial charge on any atom is 0.310 e. The molecule has 1 saturated carbocycles. The Morgan fingerprint density at radius 1 is 1.43 bits per heavy atom. The van der Waals surface area contributed by atoms with Gasteiger partial charge in [-0.05, 0) is 24.3 Å². The molecule has 0 saturated heterocycles. The number of aliphatic carboxylic acids is 1. The van der Waals surface area contributed by atoms with Crippen LogP contribution in [-0.2, 0) is 4.79 Å². The van der Waals surface area contributed by atoms with Crippen LogP contribution in [0.5, 0.6) is 5.75 Å². The molecule has 2 rings (SSSR count). The summed E-state index contributed by atoms with van der Waals surface area (Å²) in [6.07, 6.45) is 0.283. The Morgan fingerprint density at radius 2 is 2.07 bits per heavy atom. The lowest BCUT2D eigenvalue weighted by Crippen LogP contribution is -2.07. The summed E-state index contributed by atoms with van der Waals surface area (Å²) in [6.45, 7) is 0. The van der Waals surface area contributed by atoms with E-state index >= 15 is 0 Å². The first-order valence-corrected chi connectivity index (χ1v) is 4.32. The number of carboxylic acid groups (broad SMARTS) is 1. The molecular formula is C10H9FO3. The summed E-state index contributed by atoms with van der Waals surface area (Å²) in [4.78, 5) is 10.5. The van der Waals surface area contributed by atoms with Crippen LogP contribution in [0.1, 0.15) is 6.42 Å². The fourth-order valence-corrected chi connectivity index (χ4v) is 1.25. The van der Waals surface area contributed by atoms with Crippen molar-refractivity contribution in [1.29, 1.82) is 0 Å². The third-order valence-corrected chi connectivity index (χ3v) is 2.15. The Hall–Kier alpha value is -1.58. The molecule has 1 aliphatic carbocycles. The molecule has 3 nitrogen and oxygen atoms in total. The first-order valence-electron chi connectivity index (χ1n) is 4.32. The van der Waals surface area contributed by atoms with Gasteiger partial charge in [-0.25, -0.2) is 4.39 Å². The molecule has 0 aromatic heterocycles. The van der Waals surface area contributed by atoms with E-state index in [0.29, 0.717) is 12.2 Å². The van der Waals surface area contributed by atoms with Crippen molar-refractivity contribution in [3.05, 3.63) is 30.1 Å². The lowest BCUT2D eigenvalue weighted by atomic mass is 10.3. The fourth-order valence-electron chi connectivity index (χ4n) is 1.25. The number of halogens is 1. The molecule has 0 amide bonds. The van der Waals surface area contributed by atoms with Crippen LogP contribution in [0, 0.1) is 11.7 Å². The van der Waals surface area contributed by atoms with Crippen LogP contribution in [-0.4, -0.2) is 17.2 Å². The monoisotopic (exact) mass is 196 g/mol. The molecule has 0 aliphatic heterocycles. The summed E-state index contributed by atoms with van der Waals surface area (Å²) < 4.78 is 17.8. The number of hydrogen-bond acceptors (Lipinski definition) is 2. The Bertz CT molecular complexity index is 347. The first kappa shape index (κ1) is 8.99. The van der Waals surface area contributed by atoms with E-state index in [1.807, 2.05) is 0 Å². The largest absolute Gasteiger partial charge is 0.490 e. The van der Waals surface area contributed by atoms with Gasteiger partial charge in [-0.3, -0.25) is 4.79 Å². The van der Waals surface area contributed by atoms with Crippen molar-refractivity contribution in [3.8, 4) is 5.75 Å². The van der Waals surface area contributed by atoms with Crippen LogP contribution in [0.15, 0.2) is 24.3 Å². The zero-order valence-electron chi connectivity index (χ0n) is 7.31. The minimum atomic E-state index is -0.836. The predicted octanol–water partition coefficient (Wildman–Crippen LogP) is 1.68. The van der Waals surface area contributed by atoms with Crippen molar-refractivity contribution in [2.45, 2.75) is 12.5 Å². The van der Waals surface area contributed by atoms with Crippen molar-refractivity contribution in [3.63, 3.8) is 0 Å². The van der Waals surface area contributed by atoms with Crippen LogP contribution in [0.4, 0.5) is 4.39 Å². The number of rotatable bonds is 3. The van der Waals surface area contributed by atoms with E-state index in [2.05, 4.69) is 0 Å². The van der Waals surface area contributed by atoms with E-state index in [1.165, 1.54) is 24.3 Å². The fraction of sp³-hybridized carbons (Fsp3) is 0.300. The van der Waals surface area contributed by atoms with Crippen LogP contribution in [0.3, 0.4) is 0 Å². The Morgan fingerprint density at radius 3 is 2.57 bits per heavy atom. The van der Waals surface area contributed by atoms with Crippen LogP contribution in [0.25, 0.3) is 0 Å². The summed E-state index contributed by atoms with van der Waals surface area (Å²) in [7, 11) is 0. The lowest BCUT2D eigenvalue weighted by molar-refractivity contribution is -0.139. The van der Waals surface area contributed by atoms with Crippen molar-refractivity contribution < 1.29 is 19.0 Å². The van der Waals surface area contributed by atoms with Gasteiger partial charge < -0.3 is 9.84 Å². The highest BCUT2D eigenvalue weighted by Gasteiger charge is 2.45. The summed E-state index contributed by atoms with van der Waals surface area (Å²) in [5.74, 6) is -1.06.